The van der Waals surface area contributed by atoms with E-state index in [0.717, 1.165) is 24.0 Å². The molecule has 0 amide bonds. The number of hydrogen-bond donors (Lipinski definition) is 1. The van der Waals surface area contributed by atoms with Gasteiger partial charge in [-0.25, -0.2) is 9.97 Å². The molecule has 0 spiro atoms. The predicted octanol–water partition coefficient (Wildman–Crippen LogP) is 1.57. The van der Waals surface area contributed by atoms with Crippen molar-refractivity contribution in [1.82, 2.24) is 19.9 Å². The molecule has 136 valence electrons. The molecule has 8 heteroatoms. The van der Waals surface area contributed by atoms with Crippen LogP contribution < -0.4 is 15.6 Å². The number of methoxy groups -OCH3 is 1. The molecule has 0 radical (unpaired) electrons. The number of hydrogen-bond acceptors (Lipinski definition) is 7. The zero-order chi connectivity index (χ0) is 18.3. The van der Waals surface area contributed by atoms with E-state index in [9.17, 15) is 4.79 Å². The summed E-state index contributed by atoms with van der Waals surface area (Å²) >= 11 is 1.52. The summed E-state index contributed by atoms with van der Waals surface area (Å²) in [5, 5.41) is 6.62. The van der Waals surface area contributed by atoms with Crippen LogP contribution in [0.15, 0.2) is 34.7 Å². The van der Waals surface area contributed by atoms with Gasteiger partial charge in [-0.3, -0.25) is 9.36 Å². The monoisotopic (exact) mass is 371 g/mol. The quantitative estimate of drug-likeness (QED) is 0.751. The Kier molecular flexibility index (Phi) is 4.47. The average Bonchev–Trinajstić information content (AvgIpc) is 3.33. The molecule has 0 bridgehead atoms. The van der Waals surface area contributed by atoms with Crippen molar-refractivity contribution in [1.29, 1.82) is 0 Å². The van der Waals surface area contributed by atoms with Crippen LogP contribution >= 0.6 is 11.3 Å². The maximum Gasteiger partial charge on any atom is 0.195 e. The van der Waals surface area contributed by atoms with Crippen LogP contribution in [-0.2, 0) is 4.74 Å². The summed E-state index contributed by atoms with van der Waals surface area (Å²) in [6.07, 6.45) is 3.68. The number of aromatic nitrogens is 3. The lowest BCUT2D eigenvalue weighted by Crippen LogP contribution is -2.37. The molecule has 0 unspecified atom stereocenters. The first-order valence-electron chi connectivity index (χ1n) is 8.50. The number of ether oxygens (including phenoxy) is 1. The fourth-order valence-corrected chi connectivity index (χ4v) is 4.08. The van der Waals surface area contributed by atoms with Crippen molar-refractivity contribution in [2.45, 2.75) is 19.1 Å². The summed E-state index contributed by atoms with van der Waals surface area (Å²) in [5.74, 6) is 0.839. The number of rotatable bonds is 4. The number of anilines is 1. The first kappa shape index (κ1) is 17.1. The van der Waals surface area contributed by atoms with Crippen LogP contribution in [0.3, 0.4) is 0 Å². The van der Waals surface area contributed by atoms with Crippen LogP contribution in [-0.4, -0.2) is 53.9 Å². The van der Waals surface area contributed by atoms with E-state index in [-0.39, 0.29) is 17.6 Å². The van der Waals surface area contributed by atoms with Gasteiger partial charge in [0.05, 0.1) is 17.5 Å². The van der Waals surface area contributed by atoms with Crippen molar-refractivity contribution < 1.29 is 4.74 Å². The molecule has 3 aromatic heterocycles. The lowest BCUT2D eigenvalue weighted by atomic mass is 10.2. The van der Waals surface area contributed by atoms with Gasteiger partial charge in [0.2, 0.25) is 0 Å². The Balaban J connectivity index is 1.83. The molecule has 26 heavy (non-hydrogen) atoms. The van der Waals surface area contributed by atoms with E-state index >= 15 is 0 Å². The van der Waals surface area contributed by atoms with E-state index in [0.29, 0.717) is 16.6 Å². The minimum atomic E-state index is 0.0103. The number of nitrogens with zero attached hydrogens (tertiary/aromatic N) is 4. The highest BCUT2D eigenvalue weighted by Crippen LogP contribution is 2.24. The largest absolute Gasteiger partial charge is 0.378 e. The topological polar surface area (TPSA) is 72.3 Å². The maximum atomic E-state index is 12.6. The van der Waals surface area contributed by atoms with Gasteiger partial charge in [0.15, 0.2) is 16.2 Å². The Labute approximate surface area is 155 Å². The molecule has 1 fully saturated rings. The first-order chi connectivity index (χ1) is 12.6. The minimum Gasteiger partial charge on any atom is -0.378 e. The molecule has 0 saturated carbocycles. The zero-order valence-electron chi connectivity index (χ0n) is 15.0. The van der Waals surface area contributed by atoms with Crippen molar-refractivity contribution in [3.63, 3.8) is 0 Å². The molecule has 1 aliphatic rings. The van der Waals surface area contributed by atoms with Gasteiger partial charge in [0.25, 0.3) is 0 Å². The van der Waals surface area contributed by atoms with Crippen molar-refractivity contribution in [3.8, 4) is 5.13 Å². The highest BCUT2D eigenvalue weighted by atomic mass is 32.1. The highest BCUT2D eigenvalue weighted by molar-refractivity contribution is 7.12. The smallest absolute Gasteiger partial charge is 0.195 e. The van der Waals surface area contributed by atoms with E-state index in [1.54, 1.807) is 13.3 Å². The summed E-state index contributed by atoms with van der Waals surface area (Å²) in [4.78, 5) is 24.0. The van der Waals surface area contributed by atoms with Gasteiger partial charge >= 0.3 is 0 Å². The number of nitrogens with one attached hydrogen (secondary N) is 1. The molecular formula is C18H21N5O2S. The second-order valence-corrected chi connectivity index (χ2v) is 7.31. The molecule has 0 aromatic carbocycles. The fraction of sp³-hybridized carbons (Fsp3) is 0.389. The molecule has 3 aromatic rings. The van der Waals surface area contributed by atoms with E-state index in [1.165, 1.54) is 11.3 Å². The van der Waals surface area contributed by atoms with E-state index in [1.807, 2.05) is 42.2 Å². The standard InChI is InChI=1S/C18H21N5O2S/c1-11-8-23(18-20-6-7-26-18)17-12(16(11)24)4-5-15(21-17)22-9-13(19-2)14(10-22)25-3/h4-8,13-14,19H,9-10H2,1-3H3/t13-,14-/m0/s1. The molecule has 4 heterocycles. The number of fused-ring (bicyclic) bond motifs is 1. The Morgan fingerprint density at radius 2 is 2.19 bits per heavy atom. The van der Waals surface area contributed by atoms with E-state index < -0.39 is 0 Å². The fourth-order valence-electron chi connectivity index (χ4n) is 3.46. The van der Waals surface area contributed by atoms with E-state index in [4.69, 9.17) is 9.72 Å². The summed E-state index contributed by atoms with van der Waals surface area (Å²) in [7, 11) is 3.67. The number of pyridine rings is 2. The van der Waals surface area contributed by atoms with E-state index in [2.05, 4.69) is 15.2 Å². The van der Waals surface area contributed by atoms with Crippen molar-refractivity contribution >= 4 is 28.2 Å². The summed E-state index contributed by atoms with van der Waals surface area (Å²) in [5.41, 5.74) is 1.32. The van der Waals surface area contributed by atoms with Gasteiger partial charge in [0.1, 0.15) is 5.82 Å². The van der Waals surface area contributed by atoms with Gasteiger partial charge in [-0.1, -0.05) is 0 Å². The van der Waals surface area contributed by atoms with Crippen LogP contribution in [0.5, 0.6) is 0 Å². The number of thiazole rings is 1. The average molecular weight is 371 g/mol. The van der Waals surface area contributed by atoms with Gasteiger partial charge in [-0.05, 0) is 26.1 Å². The minimum absolute atomic E-state index is 0.0103. The molecule has 7 nitrogen and oxygen atoms in total. The summed E-state index contributed by atoms with van der Waals surface area (Å²) in [6, 6.07) is 4.03. The van der Waals surface area contributed by atoms with Crippen LogP contribution in [0.25, 0.3) is 16.2 Å². The Morgan fingerprint density at radius 1 is 1.35 bits per heavy atom. The second kappa shape index (κ2) is 6.79. The van der Waals surface area contributed by atoms with Gasteiger partial charge < -0.3 is 15.0 Å². The lowest BCUT2D eigenvalue weighted by molar-refractivity contribution is 0.0996. The zero-order valence-corrected chi connectivity index (χ0v) is 15.8. The Morgan fingerprint density at radius 3 is 2.85 bits per heavy atom. The third-order valence-corrected chi connectivity index (χ3v) is 5.67. The molecule has 1 aliphatic heterocycles. The summed E-state index contributed by atoms with van der Waals surface area (Å²) in [6.45, 7) is 3.38. The number of aryl methyl sites for hydroxylation is 1. The Bertz CT molecular complexity index is 973. The molecule has 1 saturated heterocycles. The third kappa shape index (κ3) is 2.80. The molecular weight excluding hydrogens is 350 g/mol. The maximum absolute atomic E-state index is 12.6. The van der Waals surface area contributed by atoms with Crippen molar-refractivity contribution in [2.75, 3.05) is 32.1 Å². The number of likely N-dealkylation sites (N-methyl/N-ethyl adjacent to an activating group) is 1. The highest BCUT2D eigenvalue weighted by Gasteiger charge is 2.32. The normalized spacial score (nSPS) is 20.2. The van der Waals surface area contributed by atoms with Crippen LogP contribution in [0, 0.1) is 6.92 Å². The first-order valence-corrected chi connectivity index (χ1v) is 9.38. The molecule has 0 aliphatic carbocycles. The van der Waals surface area contributed by atoms with Crippen molar-refractivity contribution in [3.05, 3.63) is 45.7 Å². The van der Waals surface area contributed by atoms with Crippen molar-refractivity contribution in [2.24, 2.45) is 0 Å². The van der Waals surface area contributed by atoms with Crippen LogP contribution in [0.1, 0.15) is 5.56 Å². The predicted molar refractivity (Wildman–Crippen MR) is 104 cm³/mol. The Hall–Kier alpha value is -2.29. The molecule has 4 rings (SSSR count). The van der Waals surface area contributed by atoms with Gasteiger partial charge in [-0.2, -0.15) is 0 Å². The molecule has 1 N–H and O–H groups in total. The van der Waals surface area contributed by atoms with Crippen LogP contribution in [0.4, 0.5) is 5.82 Å². The molecule has 2 atom stereocenters. The SMILES string of the molecule is CN[C@H]1CN(c2ccc3c(=O)c(C)cn(-c4nccs4)c3n2)C[C@@H]1OC. The van der Waals surface area contributed by atoms with Gasteiger partial charge in [-0.15, -0.1) is 11.3 Å². The van der Waals surface area contributed by atoms with Gasteiger partial charge in [0, 0.05) is 43.5 Å². The third-order valence-electron chi connectivity index (χ3n) is 4.90. The summed E-state index contributed by atoms with van der Waals surface area (Å²) < 4.78 is 7.48. The van der Waals surface area contributed by atoms with Crippen LogP contribution in [0.2, 0.25) is 0 Å². The lowest BCUT2D eigenvalue weighted by Gasteiger charge is -2.18. The second-order valence-electron chi connectivity index (χ2n) is 6.44.